The zero-order valence-electron chi connectivity index (χ0n) is 13.5. The summed E-state index contributed by atoms with van der Waals surface area (Å²) in [6.07, 6.45) is 0.868. The topological polar surface area (TPSA) is 59.6 Å². The first-order valence-corrected chi connectivity index (χ1v) is 7.63. The van der Waals surface area contributed by atoms with Crippen LogP contribution in [-0.4, -0.2) is 26.3 Å². The van der Waals surface area contributed by atoms with Crippen molar-refractivity contribution in [1.29, 1.82) is 0 Å². The van der Waals surface area contributed by atoms with E-state index in [-0.39, 0.29) is 6.03 Å². The maximum absolute atomic E-state index is 11.9. The van der Waals surface area contributed by atoms with E-state index < -0.39 is 0 Å². The molecule has 0 aliphatic heterocycles. The van der Waals surface area contributed by atoms with E-state index in [1.165, 1.54) is 0 Å². The zero-order chi connectivity index (χ0) is 16.5. The lowest BCUT2D eigenvalue weighted by Gasteiger charge is -2.12. The summed E-state index contributed by atoms with van der Waals surface area (Å²) in [6, 6.07) is 14.9. The predicted molar refractivity (Wildman–Crippen MR) is 91.3 cm³/mol. The molecular formula is C18H22N2O3. The Labute approximate surface area is 136 Å². The lowest BCUT2D eigenvalue weighted by atomic mass is 10.1. The largest absolute Gasteiger partial charge is 0.493 e. The molecule has 0 aliphatic rings. The van der Waals surface area contributed by atoms with Crippen LogP contribution in [0, 0.1) is 0 Å². The molecule has 0 aromatic heterocycles. The van der Waals surface area contributed by atoms with Crippen molar-refractivity contribution in [3.05, 3.63) is 54.1 Å². The number of anilines is 1. The Hall–Kier alpha value is -2.69. The zero-order valence-corrected chi connectivity index (χ0v) is 13.5. The molecule has 5 nitrogen and oxygen atoms in total. The Kier molecular flexibility index (Phi) is 6.29. The van der Waals surface area contributed by atoms with Crippen molar-refractivity contribution < 1.29 is 14.3 Å². The number of para-hydroxylation sites is 3. The van der Waals surface area contributed by atoms with Crippen LogP contribution in [-0.2, 0) is 6.42 Å². The van der Waals surface area contributed by atoms with Gasteiger partial charge in [-0.05, 0) is 30.2 Å². The highest BCUT2D eigenvalue weighted by Crippen LogP contribution is 2.25. The highest BCUT2D eigenvalue weighted by Gasteiger charge is 2.05. The number of aryl methyl sites for hydroxylation is 1. The van der Waals surface area contributed by atoms with Crippen molar-refractivity contribution in [3.8, 4) is 11.5 Å². The lowest BCUT2D eigenvalue weighted by Crippen LogP contribution is -2.32. The molecule has 0 spiro atoms. The summed E-state index contributed by atoms with van der Waals surface area (Å²) in [5, 5.41) is 5.63. The predicted octanol–water partition coefficient (Wildman–Crippen LogP) is 3.46. The van der Waals surface area contributed by atoms with Crippen molar-refractivity contribution in [2.75, 3.05) is 25.6 Å². The molecule has 0 saturated carbocycles. The maximum atomic E-state index is 11.9. The second-order valence-electron chi connectivity index (χ2n) is 4.89. The summed E-state index contributed by atoms with van der Waals surface area (Å²) in [4.78, 5) is 11.9. The van der Waals surface area contributed by atoms with E-state index in [1.807, 2.05) is 48.5 Å². The Morgan fingerprint density at radius 1 is 1.04 bits per heavy atom. The van der Waals surface area contributed by atoms with Gasteiger partial charge in [0.15, 0.2) is 11.5 Å². The van der Waals surface area contributed by atoms with E-state index in [1.54, 1.807) is 7.11 Å². The van der Waals surface area contributed by atoms with Crippen LogP contribution in [0.1, 0.15) is 12.5 Å². The van der Waals surface area contributed by atoms with Crippen molar-refractivity contribution in [1.82, 2.24) is 5.32 Å². The minimum Gasteiger partial charge on any atom is -0.493 e. The van der Waals surface area contributed by atoms with Gasteiger partial charge >= 0.3 is 6.03 Å². The molecule has 0 aliphatic carbocycles. The maximum Gasteiger partial charge on any atom is 0.319 e. The lowest BCUT2D eigenvalue weighted by molar-refractivity contribution is 0.246. The van der Waals surface area contributed by atoms with Crippen molar-refractivity contribution >= 4 is 11.7 Å². The van der Waals surface area contributed by atoms with E-state index in [0.717, 1.165) is 17.7 Å². The molecule has 0 unspecified atom stereocenters. The molecule has 5 heteroatoms. The number of urea groups is 1. The van der Waals surface area contributed by atoms with Crippen LogP contribution in [0.25, 0.3) is 0 Å². The fraction of sp³-hybridized carbons (Fsp3) is 0.278. The first kappa shape index (κ1) is 16.7. The highest BCUT2D eigenvalue weighted by atomic mass is 16.5. The Balaban J connectivity index is 1.77. The average Bonchev–Trinajstić information content (AvgIpc) is 2.59. The van der Waals surface area contributed by atoms with Crippen LogP contribution in [0.15, 0.2) is 48.5 Å². The number of nitrogens with one attached hydrogen (secondary N) is 2. The molecule has 0 atom stereocenters. The van der Waals surface area contributed by atoms with Crippen molar-refractivity contribution in [2.24, 2.45) is 0 Å². The summed E-state index contributed by atoms with van der Waals surface area (Å²) in [6.45, 7) is 2.82. The number of rotatable bonds is 7. The van der Waals surface area contributed by atoms with E-state index in [4.69, 9.17) is 9.47 Å². The standard InChI is InChI=1S/C18H22N2O3/c1-3-14-8-4-5-9-15(14)20-18(21)19-12-13-23-17-11-7-6-10-16(17)22-2/h4-11H,3,12-13H2,1-2H3,(H2,19,20,21). The first-order valence-electron chi connectivity index (χ1n) is 7.63. The highest BCUT2D eigenvalue weighted by molar-refractivity contribution is 5.90. The van der Waals surface area contributed by atoms with Gasteiger partial charge in [-0.3, -0.25) is 0 Å². The molecular weight excluding hydrogens is 292 g/mol. The third kappa shape index (κ3) is 4.92. The van der Waals surface area contributed by atoms with Gasteiger partial charge in [-0.25, -0.2) is 4.79 Å². The molecule has 2 amide bonds. The van der Waals surface area contributed by atoms with Gasteiger partial charge in [0, 0.05) is 5.69 Å². The number of ether oxygens (including phenoxy) is 2. The van der Waals surface area contributed by atoms with E-state index >= 15 is 0 Å². The number of hydrogen-bond acceptors (Lipinski definition) is 3. The molecule has 2 N–H and O–H groups in total. The third-order valence-electron chi connectivity index (χ3n) is 3.36. The monoisotopic (exact) mass is 314 g/mol. The fourth-order valence-electron chi connectivity index (χ4n) is 2.18. The molecule has 122 valence electrons. The van der Waals surface area contributed by atoms with E-state index in [9.17, 15) is 4.79 Å². The molecule has 0 saturated heterocycles. The third-order valence-corrected chi connectivity index (χ3v) is 3.36. The number of hydrogen-bond donors (Lipinski definition) is 2. The Bertz CT molecular complexity index is 644. The molecule has 2 rings (SSSR count). The molecule has 0 heterocycles. The first-order chi connectivity index (χ1) is 11.2. The minimum absolute atomic E-state index is 0.241. The smallest absolute Gasteiger partial charge is 0.319 e. The van der Waals surface area contributed by atoms with Gasteiger partial charge in [-0.1, -0.05) is 37.3 Å². The quantitative estimate of drug-likeness (QED) is 0.770. The van der Waals surface area contributed by atoms with Crippen molar-refractivity contribution in [2.45, 2.75) is 13.3 Å². The molecule has 23 heavy (non-hydrogen) atoms. The van der Waals surface area contributed by atoms with Gasteiger partial charge in [-0.15, -0.1) is 0 Å². The summed E-state index contributed by atoms with van der Waals surface area (Å²) in [5.74, 6) is 1.34. The van der Waals surface area contributed by atoms with Gasteiger partial charge in [0.05, 0.1) is 13.7 Å². The summed E-state index contributed by atoms with van der Waals surface area (Å²) >= 11 is 0. The van der Waals surface area contributed by atoms with Gasteiger partial charge in [0.2, 0.25) is 0 Å². The SMILES string of the molecule is CCc1ccccc1NC(=O)NCCOc1ccccc1OC. The summed E-state index contributed by atoms with van der Waals surface area (Å²) < 4.78 is 10.8. The second kappa shape index (κ2) is 8.68. The molecule has 2 aromatic carbocycles. The number of amides is 2. The van der Waals surface area contributed by atoms with Gasteiger partial charge < -0.3 is 20.1 Å². The Morgan fingerprint density at radius 2 is 1.74 bits per heavy atom. The van der Waals surface area contributed by atoms with Crippen LogP contribution < -0.4 is 20.1 Å². The van der Waals surface area contributed by atoms with E-state index in [0.29, 0.717) is 24.7 Å². The molecule has 0 bridgehead atoms. The molecule has 0 radical (unpaired) electrons. The van der Waals surface area contributed by atoms with Crippen molar-refractivity contribution in [3.63, 3.8) is 0 Å². The van der Waals surface area contributed by atoms with Crippen LogP contribution >= 0.6 is 0 Å². The average molecular weight is 314 g/mol. The van der Waals surface area contributed by atoms with Crippen LogP contribution in [0.2, 0.25) is 0 Å². The van der Waals surface area contributed by atoms with Gasteiger partial charge in [0.25, 0.3) is 0 Å². The van der Waals surface area contributed by atoms with E-state index in [2.05, 4.69) is 17.6 Å². The van der Waals surface area contributed by atoms with Crippen LogP contribution in [0.5, 0.6) is 11.5 Å². The number of carbonyl (C=O) groups is 1. The summed E-state index contributed by atoms with van der Waals surface area (Å²) in [5.41, 5.74) is 1.94. The Morgan fingerprint density at radius 3 is 2.48 bits per heavy atom. The molecule has 0 fully saturated rings. The second-order valence-corrected chi connectivity index (χ2v) is 4.89. The number of benzene rings is 2. The van der Waals surface area contributed by atoms with Gasteiger partial charge in [-0.2, -0.15) is 0 Å². The fourth-order valence-corrected chi connectivity index (χ4v) is 2.18. The van der Waals surface area contributed by atoms with Gasteiger partial charge in [0.1, 0.15) is 6.61 Å². The summed E-state index contributed by atoms with van der Waals surface area (Å²) in [7, 11) is 1.60. The van der Waals surface area contributed by atoms with Crippen LogP contribution in [0.4, 0.5) is 10.5 Å². The number of carbonyl (C=O) groups excluding carboxylic acids is 1. The van der Waals surface area contributed by atoms with Crippen LogP contribution in [0.3, 0.4) is 0 Å². The minimum atomic E-state index is -0.241. The number of methoxy groups -OCH3 is 1. The molecule has 2 aromatic rings. The normalized spacial score (nSPS) is 10.0.